The summed E-state index contributed by atoms with van der Waals surface area (Å²) in [5, 5.41) is 11.9. The van der Waals surface area contributed by atoms with Crippen LogP contribution in [0.1, 0.15) is 45.9 Å². The lowest BCUT2D eigenvalue weighted by molar-refractivity contribution is 0.102. The Balaban J connectivity index is 1.30. The molecular weight excluding hydrogens is 601 g/mol. The predicted octanol–water partition coefficient (Wildman–Crippen LogP) is 6.92. The van der Waals surface area contributed by atoms with Gasteiger partial charge in [-0.15, -0.1) is 0 Å². The molecule has 1 saturated carbocycles. The molecule has 5 aromatic rings. The van der Waals surface area contributed by atoms with Gasteiger partial charge < -0.3 is 19.5 Å². The molecular formula is C34H25F3N4O5. The third kappa shape index (κ3) is 5.47. The van der Waals surface area contributed by atoms with Crippen LogP contribution in [0.4, 0.5) is 18.9 Å². The Morgan fingerprint density at radius 2 is 1.70 bits per heavy atom. The Bertz CT molecular complexity index is 2150. The number of carbonyl (C=O) groups is 1. The first kappa shape index (κ1) is 30.2. The van der Waals surface area contributed by atoms with Gasteiger partial charge in [-0.3, -0.25) is 19.1 Å². The summed E-state index contributed by atoms with van der Waals surface area (Å²) in [6.45, 7) is 1.64. The molecule has 12 heteroatoms. The number of amides is 1. The van der Waals surface area contributed by atoms with Crippen molar-refractivity contribution in [3.63, 3.8) is 0 Å². The molecule has 3 aromatic carbocycles. The summed E-state index contributed by atoms with van der Waals surface area (Å²) in [7, 11) is 2.85. The maximum Gasteiger partial charge on any atom is 0.268 e. The number of rotatable bonds is 8. The minimum absolute atomic E-state index is 0.000804. The van der Waals surface area contributed by atoms with Gasteiger partial charge in [-0.1, -0.05) is 0 Å². The molecule has 46 heavy (non-hydrogen) atoms. The molecule has 0 aliphatic heterocycles. The monoisotopic (exact) mass is 626 g/mol. The van der Waals surface area contributed by atoms with Gasteiger partial charge >= 0.3 is 0 Å². The highest BCUT2D eigenvalue weighted by Gasteiger charge is 2.30. The van der Waals surface area contributed by atoms with Crippen molar-refractivity contribution in [2.75, 3.05) is 19.5 Å². The van der Waals surface area contributed by atoms with Crippen molar-refractivity contribution in [1.29, 1.82) is 5.26 Å². The van der Waals surface area contributed by atoms with E-state index in [0.29, 0.717) is 22.5 Å². The van der Waals surface area contributed by atoms with Gasteiger partial charge in [0.2, 0.25) is 0 Å². The van der Waals surface area contributed by atoms with E-state index in [1.807, 2.05) is 0 Å². The first-order chi connectivity index (χ1) is 22.1. The van der Waals surface area contributed by atoms with E-state index in [9.17, 15) is 23.6 Å². The van der Waals surface area contributed by atoms with Gasteiger partial charge in [0.25, 0.3) is 11.5 Å². The average molecular weight is 627 g/mol. The number of hydrogen-bond acceptors (Lipinski definition) is 7. The fourth-order valence-electron chi connectivity index (χ4n) is 5.21. The second-order valence-corrected chi connectivity index (χ2v) is 10.7. The Morgan fingerprint density at radius 3 is 2.37 bits per heavy atom. The van der Waals surface area contributed by atoms with Crippen LogP contribution in [0.25, 0.3) is 16.6 Å². The van der Waals surface area contributed by atoms with Crippen molar-refractivity contribution in [2.24, 2.45) is 0 Å². The minimum atomic E-state index is -0.923. The van der Waals surface area contributed by atoms with Crippen LogP contribution in [0.5, 0.6) is 23.0 Å². The van der Waals surface area contributed by atoms with Crippen LogP contribution in [0.3, 0.4) is 0 Å². The highest BCUT2D eigenvalue weighted by Crippen LogP contribution is 2.41. The zero-order valence-corrected chi connectivity index (χ0v) is 24.8. The normalized spacial score (nSPS) is 12.5. The summed E-state index contributed by atoms with van der Waals surface area (Å²) in [6.07, 6.45) is 2.60. The number of aryl methyl sites for hydroxylation is 1. The van der Waals surface area contributed by atoms with E-state index in [4.69, 9.17) is 14.2 Å². The number of nitrogens with one attached hydrogen (secondary N) is 1. The lowest BCUT2D eigenvalue weighted by atomic mass is 10.1. The quantitative estimate of drug-likeness (QED) is 0.199. The molecule has 1 N–H and O–H groups in total. The minimum Gasteiger partial charge on any atom is -0.493 e. The smallest absolute Gasteiger partial charge is 0.268 e. The lowest BCUT2D eigenvalue weighted by Gasteiger charge is -2.17. The predicted molar refractivity (Wildman–Crippen MR) is 163 cm³/mol. The summed E-state index contributed by atoms with van der Waals surface area (Å²) in [5.74, 6) is -3.31. The molecule has 1 aliphatic carbocycles. The summed E-state index contributed by atoms with van der Waals surface area (Å²) >= 11 is 0. The average Bonchev–Trinajstić information content (AvgIpc) is 3.89. The molecule has 0 bridgehead atoms. The topological polar surface area (TPSA) is 115 Å². The second-order valence-electron chi connectivity index (χ2n) is 10.7. The van der Waals surface area contributed by atoms with E-state index in [1.165, 1.54) is 55.2 Å². The number of nitriles is 1. The van der Waals surface area contributed by atoms with Crippen molar-refractivity contribution < 1.29 is 32.2 Å². The summed E-state index contributed by atoms with van der Waals surface area (Å²) in [6, 6.07) is 13.7. The second kappa shape index (κ2) is 11.9. The molecule has 0 unspecified atom stereocenters. The molecule has 0 atom stereocenters. The maximum atomic E-state index is 15.3. The van der Waals surface area contributed by atoms with Crippen molar-refractivity contribution in [1.82, 2.24) is 9.55 Å². The number of fused-ring (bicyclic) bond motifs is 1. The van der Waals surface area contributed by atoms with Gasteiger partial charge in [-0.25, -0.2) is 13.2 Å². The van der Waals surface area contributed by atoms with E-state index in [0.717, 1.165) is 31.2 Å². The third-order valence-electron chi connectivity index (χ3n) is 7.68. The number of nitrogens with zero attached hydrogens (tertiary/aromatic N) is 3. The van der Waals surface area contributed by atoms with Crippen LogP contribution in [-0.4, -0.2) is 29.7 Å². The fourth-order valence-corrected chi connectivity index (χ4v) is 5.21. The Morgan fingerprint density at radius 1 is 0.957 bits per heavy atom. The van der Waals surface area contributed by atoms with Crippen molar-refractivity contribution in [3.05, 3.63) is 111 Å². The first-order valence-electron chi connectivity index (χ1n) is 14.1. The van der Waals surface area contributed by atoms with E-state index in [2.05, 4.69) is 10.3 Å². The summed E-state index contributed by atoms with van der Waals surface area (Å²) in [5.41, 5.74) is 0.518. The van der Waals surface area contributed by atoms with Crippen LogP contribution in [0.15, 0.2) is 65.6 Å². The van der Waals surface area contributed by atoms with Crippen molar-refractivity contribution in [3.8, 4) is 34.8 Å². The van der Waals surface area contributed by atoms with Crippen LogP contribution in [-0.2, 0) is 0 Å². The SMILES string of the molecule is COc1cc2ncc(F)c(Oc3ccc(NC(=O)c4ccc(C5CC5)n(-c5cc(F)c(C#N)cc5C)c4=O)cc3F)c2cc1OC. The van der Waals surface area contributed by atoms with Gasteiger partial charge in [-0.05, 0) is 73.7 Å². The molecule has 2 aromatic heterocycles. The van der Waals surface area contributed by atoms with Gasteiger partial charge in [-0.2, -0.15) is 5.26 Å². The zero-order valence-electron chi connectivity index (χ0n) is 24.8. The summed E-state index contributed by atoms with van der Waals surface area (Å²) < 4.78 is 62.2. The molecule has 1 fully saturated rings. The maximum absolute atomic E-state index is 15.3. The molecule has 2 heterocycles. The molecule has 0 saturated heterocycles. The standard InChI is InChI=1S/C34H25F3N4O5/c1-17-10-19(15-38)23(35)13-28(17)41-27(18-4-5-18)8-7-21(34(41)43)33(42)40-20-6-9-29(24(36)11-20)46-32-22-12-30(44-2)31(45-3)14-26(22)39-16-25(32)37/h6-14,16,18H,4-5H2,1-3H3,(H,40,42). The lowest BCUT2D eigenvalue weighted by Crippen LogP contribution is -2.30. The Kier molecular flexibility index (Phi) is 7.83. The first-order valence-corrected chi connectivity index (χ1v) is 14.1. The van der Waals surface area contributed by atoms with Gasteiger partial charge in [0.05, 0.1) is 37.2 Å². The molecule has 6 rings (SSSR count). The van der Waals surface area contributed by atoms with E-state index in [1.54, 1.807) is 19.1 Å². The number of halogens is 3. The molecule has 232 valence electrons. The highest BCUT2D eigenvalue weighted by molar-refractivity contribution is 6.04. The van der Waals surface area contributed by atoms with Gasteiger partial charge in [0.1, 0.15) is 17.4 Å². The molecule has 1 aliphatic rings. The number of benzene rings is 3. The van der Waals surface area contributed by atoms with E-state index in [-0.39, 0.29) is 51.1 Å². The number of ether oxygens (including phenoxy) is 3. The van der Waals surface area contributed by atoms with Crippen molar-refractivity contribution in [2.45, 2.75) is 25.7 Å². The third-order valence-corrected chi connectivity index (χ3v) is 7.68. The summed E-state index contributed by atoms with van der Waals surface area (Å²) in [4.78, 5) is 31.0. The highest BCUT2D eigenvalue weighted by atomic mass is 19.1. The van der Waals surface area contributed by atoms with Crippen molar-refractivity contribution >= 4 is 22.5 Å². The zero-order chi connectivity index (χ0) is 32.7. The Labute approximate surface area is 260 Å². The van der Waals surface area contributed by atoms with Crippen LogP contribution in [0, 0.1) is 35.7 Å². The molecule has 9 nitrogen and oxygen atoms in total. The van der Waals surface area contributed by atoms with Crippen LogP contribution < -0.4 is 25.1 Å². The number of hydrogen-bond donors (Lipinski definition) is 1. The van der Waals surface area contributed by atoms with E-state index >= 15 is 4.39 Å². The van der Waals surface area contributed by atoms with Gasteiger partial charge in [0, 0.05) is 28.9 Å². The van der Waals surface area contributed by atoms with Crippen LogP contribution >= 0.6 is 0 Å². The fraction of sp³-hybridized carbons (Fsp3) is 0.176. The molecule has 0 radical (unpaired) electrons. The van der Waals surface area contributed by atoms with Gasteiger partial charge in [0.15, 0.2) is 34.6 Å². The number of anilines is 1. The number of aromatic nitrogens is 2. The van der Waals surface area contributed by atoms with Crippen LogP contribution in [0.2, 0.25) is 0 Å². The molecule has 1 amide bonds. The number of carbonyl (C=O) groups excluding carboxylic acids is 1. The number of methoxy groups -OCH3 is 2. The molecule has 0 spiro atoms. The number of pyridine rings is 2. The Hall–Kier alpha value is -5.83. The van der Waals surface area contributed by atoms with E-state index < -0.39 is 28.9 Å². The largest absolute Gasteiger partial charge is 0.493 e.